The Balaban J connectivity index is 1.38. The number of hydrogen-bond donors (Lipinski definition) is 2. The zero-order chi connectivity index (χ0) is 25.8. The SMILES string of the molecule is CCNCCN(CC(=O)N(C)N1Cc2cccc(F)c2C1)C(=O)CNc1cc2c(cc1C)C(=O)CC2. The van der Waals surface area contributed by atoms with Gasteiger partial charge in [0, 0.05) is 56.5 Å². The predicted molar refractivity (Wildman–Crippen MR) is 136 cm³/mol. The first-order chi connectivity index (χ1) is 17.3. The molecule has 0 atom stereocenters. The topological polar surface area (TPSA) is 85.0 Å². The molecule has 2 aromatic carbocycles. The van der Waals surface area contributed by atoms with E-state index in [4.69, 9.17) is 0 Å². The van der Waals surface area contributed by atoms with E-state index < -0.39 is 0 Å². The number of hydrogen-bond acceptors (Lipinski definition) is 6. The van der Waals surface area contributed by atoms with Crippen molar-refractivity contribution in [2.45, 2.75) is 39.8 Å². The number of benzene rings is 2. The molecule has 2 aromatic rings. The fourth-order valence-corrected chi connectivity index (χ4v) is 4.76. The monoisotopic (exact) mass is 495 g/mol. The zero-order valence-corrected chi connectivity index (χ0v) is 21.2. The molecule has 36 heavy (non-hydrogen) atoms. The van der Waals surface area contributed by atoms with Crippen LogP contribution in [0.3, 0.4) is 0 Å². The van der Waals surface area contributed by atoms with Crippen LogP contribution >= 0.6 is 0 Å². The molecule has 0 saturated carbocycles. The number of carbonyl (C=O) groups excluding carboxylic acids is 3. The molecule has 2 amide bonds. The number of likely N-dealkylation sites (N-methyl/N-ethyl adjacent to an activating group) is 2. The summed E-state index contributed by atoms with van der Waals surface area (Å²) in [6.45, 7) is 6.35. The van der Waals surface area contributed by atoms with Gasteiger partial charge < -0.3 is 15.5 Å². The molecular weight excluding hydrogens is 461 g/mol. The number of nitrogens with zero attached hydrogens (tertiary/aromatic N) is 3. The fourth-order valence-electron chi connectivity index (χ4n) is 4.76. The summed E-state index contributed by atoms with van der Waals surface area (Å²) in [5.41, 5.74) is 4.98. The van der Waals surface area contributed by atoms with Crippen LogP contribution in [0.5, 0.6) is 0 Å². The molecule has 2 N–H and O–H groups in total. The molecule has 0 unspecified atom stereocenters. The quantitative estimate of drug-likeness (QED) is 0.493. The highest BCUT2D eigenvalue weighted by Gasteiger charge is 2.29. The van der Waals surface area contributed by atoms with Crippen LogP contribution in [0.2, 0.25) is 0 Å². The normalized spacial score (nSPS) is 14.5. The van der Waals surface area contributed by atoms with Gasteiger partial charge in [-0.15, -0.1) is 0 Å². The first kappa shape index (κ1) is 25.8. The smallest absolute Gasteiger partial charge is 0.256 e. The van der Waals surface area contributed by atoms with E-state index in [1.165, 1.54) is 11.1 Å². The van der Waals surface area contributed by atoms with Crippen LogP contribution < -0.4 is 10.6 Å². The lowest BCUT2D eigenvalue weighted by Crippen LogP contribution is -2.49. The van der Waals surface area contributed by atoms with Crippen molar-refractivity contribution in [3.63, 3.8) is 0 Å². The molecule has 0 fully saturated rings. The molecule has 0 radical (unpaired) electrons. The van der Waals surface area contributed by atoms with Gasteiger partial charge in [-0.3, -0.25) is 19.4 Å². The summed E-state index contributed by atoms with van der Waals surface area (Å²) >= 11 is 0. The molecule has 1 aliphatic carbocycles. The maximum atomic E-state index is 14.1. The van der Waals surface area contributed by atoms with E-state index in [-0.39, 0.29) is 36.5 Å². The summed E-state index contributed by atoms with van der Waals surface area (Å²) < 4.78 is 14.1. The minimum absolute atomic E-state index is 0.0387. The summed E-state index contributed by atoms with van der Waals surface area (Å²) in [5.74, 6) is -0.533. The minimum Gasteiger partial charge on any atom is -0.376 e. The largest absolute Gasteiger partial charge is 0.376 e. The molecule has 8 nitrogen and oxygen atoms in total. The number of carbonyl (C=O) groups is 3. The Bertz CT molecular complexity index is 1170. The van der Waals surface area contributed by atoms with Gasteiger partial charge in [-0.05, 0) is 54.8 Å². The highest BCUT2D eigenvalue weighted by atomic mass is 19.1. The molecule has 1 aliphatic heterocycles. The number of fused-ring (bicyclic) bond motifs is 2. The van der Waals surface area contributed by atoms with Gasteiger partial charge in [0.05, 0.1) is 6.54 Å². The summed E-state index contributed by atoms with van der Waals surface area (Å²) in [5, 5.41) is 9.68. The van der Waals surface area contributed by atoms with Crippen LogP contribution in [0, 0.1) is 12.7 Å². The Morgan fingerprint density at radius 3 is 2.67 bits per heavy atom. The van der Waals surface area contributed by atoms with Crippen molar-refractivity contribution < 1.29 is 18.8 Å². The second kappa shape index (κ2) is 11.2. The summed E-state index contributed by atoms with van der Waals surface area (Å²) in [6.07, 6.45) is 1.25. The number of nitrogens with one attached hydrogen (secondary N) is 2. The molecular formula is C27H34FN5O3. The molecule has 4 rings (SSSR count). The van der Waals surface area contributed by atoms with Gasteiger partial charge in [0.2, 0.25) is 5.91 Å². The summed E-state index contributed by atoms with van der Waals surface area (Å²) in [6, 6.07) is 8.81. The zero-order valence-electron chi connectivity index (χ0n) is 21.2. The molecule has 0 aromatic heterocycles. The lowest BCUT2D eigenvalue weighted by atomic mass is 10.0. The fraction of sp³-hybridized carbons (Fsp3) is 0.444. The molecule has 9 heteroatoms. The van der Waals surface area contributed by atoms with E-state index in [0.29, 0.717) is 38.2 Å². The average molecular weight is 496 g/mol. The number of anilines is 1. The number of rotatable bonds is 10. The van der Waals surface area contributed by atoms with Crippen LogP contribution in [0.25, 0.3) is 0 Å². The van der Waals surface area contributed by atoms with E-state index in [1.807, 2.05) is 32.0 Å². The third-order valence-electron chi connectivity index (χ3n) is 6.98. The maximum Gasteiger partial charge on any atom is 0.256 e. The van der Waals surface area contributed by atoms with Crippen molar-refractivity contribution in [1.29, 1.82) is 0 Å². The van der Waals surface area contributed by atoms with E-state index in [2.05, 4.69) is 10.6 Å². The number of amides is 2. The molecule has 0 spiro atoms. The molecule has 0 bridgehead atoms. The Kier molecular flexibility index (Phi) is 8.01. The molecule has 1 heterocycles. The van der Waals surface area contributed by atoms with Crippen LogP contribution in [0.15, 0.2) is 30.3 Å². The van der Waals surface area contributed by atoms with E-state index in [1.54, 1.807) is 23.0 Å². The Morgan fingerprint density at radius 1 is 1.11 bits per heavy atom. The van der Waals surface area contributed by atoms with Gasteiger partial charge in [-0.2, -0.15) is 0 Å². The Hall–Kier alpha value is -3.30. The van der Waals surface area contributed by atoms with E-state index in [9.17, 15) is 18.8 Å². The number of Topliss-reactive ketones (excluding diaryl/α,β-unsaturated/α-hetero) is 1. The van der Waals surface area contributed by atoms with Gasteiger partial charge in [0.1, 0.15) is 12.4 Å². The molecule has 0 saturated heterocycles. The Morgan fingerprint density at radius 2 is 1.92 bits per heavy atom. The standard InChI is InChI=1S/C27H34FN5O3/c1-4-29-10-11-32(17-27(36)31(3)33-15-20-6-5-7-23(28)22(20)16-33)26(35)14-30-24-13-19-8-9-25(34)21(19)12-18(24)2/h5-7,12-13,29-30H,4,8-11,14-17H2,1-3H3. The highest BCUT2D eigenvalue weighted by Crippen LogP contribution is 2.28. The van der Waals surface area contributed by atoms with Crippen molar-refractivity contribution in [2.24, 2.45) is 0 Å². The lowest BCUT2D eigenvalue weighted by molar-refractivity contribution is -0.151. The van der Waals surface area contributed by atoms with Crippen LogP contribution in [0.1, 0.15) is 46.0 Å². The highest BCUT2D eigenvalue weighted by molar-refractivity contribution is 6.01. The predicted octanol–water partition coefficient (Wildman–Crippen LogP) is 2.50. The first-order valence-electron chi connectivity index (χ1n) is 12.4. The summed E-state index contributed by atoms with van der Waals surface area (Å²) in [4.78, 5) is 39.8. The van der Waals surface area contributed by atoms with Gasteiger partial charge >= 0.3 is 0 Å². The van der Waals surface area contributed by atoms with Gasteiger partial charge in [0.15, 0.2) is 5.78 Å². The van der Waals surface area contributed by atoms with Crippen molar-refractivity contribution in [3.8, 4) is 0 Å². The average Bonchev–Trinajstić information content (AvgIpc) is 3.46. The summed E-state index contributed by atoms with van der Waals surface area (Å²) in [7, 11) is 1.66. The number of ketones is 1. The van der Waals surface area contributed by atoms with Gasteiger partial charge in [-0.1, -0.05) is 19.1 Å². The van der Waals surface area contributed by atoms with Gasteiger partial charge in [0.25, 0.3) is 5.91 Å². The van der Waals surface area contributed by atoms with Crippen molar-refractivity contribution >= 4 is 23.3 Å². The second-order valence-corrected chi connectivity index (χ2v) is 9.39. The lowest BCUT2D eigenvalue weighted by Gasteiger charge is -2.31. The first-order valence-corrected chi connectivity index (χ1v) is 12.4. The van der Waals surface area contributed by atoms with Crippen LogP contribution in [-0.4, -0.2) is 72.3 Å². The minimum atomic E-state index is -0.268. The van der Waals surface area contributed by atoms with E-state index in [0.717, 1.165) is 40.9 Å². The molecule has 2 aliphatic rings. The number of hydrazine groups is 1. The van der Waals surface area contributed by atoms with E-state index >= 15 is 0 Å². The van der Waals surface area contributed by atoms with Crippen LogP contribution in [0.4, 0.5) is 10.1 Å². The Labute approximate surface area is 211 Å². The number of halogens is 1. The number of aryl methyl sites for hydroxylation is 2. The third-order valence-corrected chi connectivity index (χ3v) is 6.98. The molecule has 192 valence electrons. The van der Waals surface area contributed by atoms with Crippen molar-refractivity contribution in [1.82, 2.24) is 20.2 Å². The van der Waals surface area contributed by atoms with Crippen molar-refractivity contribution in [3.05, 3.63) is 64.0 Å². The second-order valence-electron chi connectivity index (χ2n) is 9.39. The van der Waals surface area contributed by atoms with Crippen molar-refractivity contribution in [2.75, 3.05) is 45.1 Å². The van der Waals surface area contributed by atoms with Gasteiger partial charge in [-0.25, -0.2) is 9.40 Å². The van der Waals surface area contributed by atoms with Crippen LogP contribution in [-0.2, 0) is 29.1 Å². The maximum absolute atomic E-state index is 14.1. The third kappa shape index (κ3) is 5.57.